The van der Waals surface area contributed by atoms with Crippen molar-refractivity contribution in [3.8, 4) is 17.1 Å². The van der Waals surface area contributed by atoms with Gasteiger partial charge in [-0.2, -0.15) is 4.31 Å². The van der Waals surface area contributed by atoms with Gasteiger partial charge in [0.2, 0.25) is 10.0 Å². The highest BCUT2D eigenvalue weighted by Crippen LogP contribution is 2.39. The Morgan fingerprint density at radius 1 is 1.30 bits per heavy atom. The Morgan fingerprint density at radius 2 is 2.17 bits per heavy atom. The monoisotopic (exact) mass is 334 g/mol. The SMILES string of the molecule is CC1CCCCN1S(=O)(=O)c1ccc2c(c1)-c1oncc1CO2. The number of ether oxygens (including phenoxy) is 1. The first kappa shape index (κ1) is 14.7. The van der Waals surface area contributed by atoms with Crippen molar-refractivity contribution in [1.82, 2.24) is 9.46 Å². The quantitative estimate of drug-likeness (QED) is 0.844. The van der Waals surface area contributed by atoms with Crippen molar-refractivity contribution in [2.75, 3.05) is 6.54 Å². The molecule has 4 rings (SSSR count). The van der Waals surface area contributed by atoms with Gasteiger partial charge in [0.1, 0.15) is 12.4 Å². The third kappa shape index (κ3) is 2.35. The van der Waals surface area contributed by atoms with Crippen LogP contribution >= 0.6 is 0 Å². The summed E-state index contributed by atoms with van der Waals surface area (Å²) in [4.78, 5) is 0.276. The molecule has 1 aromatic carbocycles. The first-order valence-electron chi connectivity index (χ1n) is 7.80. The van der Waals surface area contributed by atoms with Crippen LogP contribution in [-0.4, -0.2) is 30.5 Å². The smallest absolute Gasteiger partial charge is 0.243 e. The fourth-order valence-electron chi connectivity index (χ4n) is 3.28. The number of hydrogen-bond donors (Lipinski definition) is 0. The molecule has 0 radical (unpaired) electrons. The topological polar surface area (TPSA) is 72.6 Å². The molecule has 1 saturated heterocycles. The van der Waals surface area contributed by atoms with Crippen molar-refractivity contribution in [3.63, 3.8) is 0 Å². The van der Waals surface area contributed by atoms with Crippen LogP contribution in [0, 0.1) is 0 Å². The van der Waals surface area contributed by atoms with Crippen LogP contribution in [0.1, 0.15) is 31.7 Å². The molecule has 1 atom stereocenters. The molecular weight excluding hydrogens is 316 g/mol. The Labute approximate surface area is 135 Å². The number of aromatic nitrogens is 1. The van der Waals surface area contributed by atoms with Crippen LogP contribution in [0.3, 0.4) is 0 Å². The first-order valence-corrected chi connectivity index (χ1v) is 9.24. The average Bonchev–Trinajstić information content (AvgIpc) is 3.03. The van der Waals surface area contributed by atoms with Crippen molar-refractivity contribution in [3.05, 3.63) is 30.0 Å². The molecule has 2 aliphatic heterocycles. The minimum Gasteiger partial charge on any atom is -0.488 e. The van der Waals surface area contributed by atoms with Gasteiger partial charge < -0.3 is 9.26 Å². The predicted octanol–water partition coefficient (Wildman–Crippen LogP) is 2.80. The number of rotatable bonds is 2. The van der Waals surface area contributed by atoms with Gasteiger partial charge in [-0.3, -0.25) is 0 Å². The molecule has 0 saturated carbocycles. The van der Waals surface area contributed by atoms with E-state index in [0.717, 1.165) is 24.8 Å². The third-order valence-electron chi connectivity index (χ3n) is 4.57. The summed E-state index contributed by atoms with van der Waals surface area (Å²) in [6.45, 7) is 2.93. The maximum atomic E-state index is 13.0. The summed E-state index contributed by atoms with van der Waals surface area (Å²) in [6, 6.07) is 4.97. The number of hydrogen-bond acceptors (Lipinski definition) is 5. The summed E-state index contributed by atoms with van der Waals surface area (Å²) in [6.07, 6.45) is 4.49. The molecule has 6 nitrogen and oxygen atoms in total. The van der Waals surface area contributed by atoms with Crippen molar-refractivity contribution in [1.29, 1.82) is 0 Å². The van der Waals surface area contributed by atoms with E-state index in [1.807, 2.05) is 6.92 Å². The Morgan fingerprint density at radius 3 is 3.00 bits per heavy atom. The fourth-order valence-corrected chi connectivity index (χ4v) is 5.00. The van der Waals surface area contributed by atoms with E-state index in [1.165, 1.54) is 0 Å². The summed E-state index contributed by atoms with van der Waals surface area (Å²) in [5.74, 6) is 1.22. The lowest BCUT2D eigenvalue weighted by Gasteiger charge is -2.32. The molecule has 0 amide bonds. The second kappa shape index (κ2) is 5.35. The minimum absolute atomic E-state index is 0.0295. The van der Waals surface area contributed by atoms with Crippen molar-refractivity contribution in [2.45, 2.75) is 43.7 Å². The number of sulfonamides is 1. The van der Waals surface area contributed by atoms with Gasteiger partial charge in [-0.25, -0.2) is 8.42 Å². The fraction of sp³-hybridized carbons (Fsp3) is 0.438. The lowest BCUT2D eigenvalue weighted by molar-refractivity contribution is 0.268. The van der Waals surface area contributed by atoms with E-state index in [9.17, 15) is 8.42 Å². The Kier molecular flexibility index (Phi) is 3.42. The zero-order valence-electron chi connectivity index (χ0n) is 12.9. The maximum absolute atomic E-state index is 13.0. The molecule has 0 N–H and O–H groups in total. The molecule has 1 unspecified atom stereocenters. The largest absolute Gasteiger partial charge is 0.488 e. The van der Waals surface area contributed by atoms with Gasteiger partial charge in [-0.1, -0.05) is 11.6 Å². The Balaban J connectivity index is 1.78. The molecule has 2 aliphatic rings. The highest BCUT2D eigenvalue weighted by atomic mass is 32.2. The molecule has 0 aliphatic carbocycles. The summed E-state index contributed by atoms with van der Waals surface area (Å²) >= 11 is 0. The summed E-state index contributed by atoms with van der Waals surface area (Å²) < 4.78 is 38.5. The van der Waals surface area contributed by atoms with Crippen molar-refractivity contribution < 1.29 is 17.7 Å². The summed E-state index contributed by atoms with van der Waals surface area (Å²) in [5, 5.41) is 3.78. The molecule has 1 fully saturated rings. The number of nitrogens with zero attached hydrogens (tertiary/aromatic N) is 2. The van der Waals surface area contributed by atoms with E-state index in [1.54, 1.807) is 28.7 Å². The van der Waals surface area contributed by atoms with E-state index in [0.29, 0.717) is 30.2 Å². The van der Waals surface area contributed by atoms with E-state index in [4.69, 9.17) is 9.26 Å². The average molecular weight is 334 g/mol. The molecule has 0 spiro atoms. The zero-order chi connectivity index (χ0) is 16.0. The first-order chi connectivity index (χ1) is 11.1. The maximum Gasteiger partial charge on any atom is 0.243 e. The molecule has 0 bridgehead atoms. The highest BCUT2D eigenvalue weighted by molar-refractivity contribution is 7.89. The molecule has 1 aromatic heterocycles. The minimum atomic E-state index is -3.51. The van der Waals surface area contributed by atoms with E-state index in [2.05, 4.69) is 5.16 Å². The van der Waals surface area contributed by atoms with Gasteiger partial charge in [0.25, 0.3) is 0 Å². The second-order valence-corrected chi connectivity index (χ2v) is 7.98. The molecule has 23 heavy (non-hydrogen) atoms. The Bertz CT molecular complexity index is 844. The zero-order valence-corrected chi connectivity index (χ0v) is 13.7. The van der Waals surface area contributed by atoms with E-state index < -0.39 is 10.0 Å². The molecule has 2 aromatic rings. The van der Waals surface area contributed by atoms with Gasteiger partial charge in [0.15, 0.2) is 5.76 Å². The van der Waals surface area contributed by atoms with E-state index in [-0.39, 0.29) is 10.9 Å². The van der Waals surface area contributed by atoms with Crippen LogP contribution in [0.15, 0.2) is 33.8 Å². The van der Waals surface area contributed by atoms with Gasteiger partial charge in [-0.15, -0.1) is 0 Å². The van der Waals surface area contributed by atoms with E-state index >= 15 is 0 Å². The third-order valence-corrected chi connectivity index (χ3v) is 6.58. The van der Waals surface area contributed by atoms with Gasteiger partial charge >= 0.3 is 0 Å². The predicted molar refractivity (Wildman–Crippen MR) is 83.5 cm³/mol. The molecule has 3 heterocycles. The van der Waals surface area contributed by atoms with Crippen LogP contribution in [0.4, 0.5) is 0 Å². The Hall–Kier alpha value is -1.86. The summed E-state index contributed by atoms with van der Waals surface area (Å²) in [7, 11) is -3.51. The lowest BCUT2D eigenvalue weighted by atomic mass is 10.1. The van der Waals surface area contributed by atoms with Gasteiger partial charge in [-0.05, 0) is 38.0 Å². The molecule has 7 heteroatoms. The van der Waals surface area contributed by atoms with Crippen LogP contribution in [0.5, 0.6) is 5.75 Å². The number of benzene rings is 1. The van der Waals surface area contributed by atoms with Crippen molar-refractivity contribution in [2.24, 2.45) is 0 Å². The van der Waals surface area contributed by atoms with Crippen LogP contribution < -0.4 is 4.74 Å². The van der Waals surface area contributed by atoms with Crippen LogP contribution in [-0.2, 0) is 16.6 Å². The van der Waals surface area contributed by atoms with Gasteiger partial charge in [0, 0.05) is 12.6 Å². The van der Waals surface area contributed by atoms with Crippen LogP contribution in [0.2, 0.25) is 0 Å². The normalized spacial score (nSPS) is 21.3. The van der Waals surface area contributed by atoms with Crippen molar-refractivity contribution >= 4 is 10.0 Å². The number of fused-ring (bicyclic) bond motifs is 3. The second-order valence-electron chi connectivity index (χ2n) is 6.09. The standard InChI is InChI=1S/C16H18N2O4S/c1-11-4-2-3-7-18(11)23(19,20)13-5-6-15-14(8-13)16-12(10-21-15)9-17-22-16/h5-6,8-9,11H,2-4,7,10H2,1H3. The van der Waals surface area contributed by atoms with Crippen LogP contribution in [0.25, 0.3) is 11.3 Å². The number of piperidine rings is 1. The van der Waals surface area contributed by atoms with Gasteiger partial charge in [0.05, 0.1) is 22.2 Å². The lowest BCUT2D eigenvalue weighted by Crippen LogP contribution is -2.41. The molecule has 122 valence electrons. The summed E-state index contributed by atoms with van der Waals surface area (Å²) in [5.41, 5.74) is 1.48. The highest BCUT2D eigenvalue weighted by Gasteiger charge is 2.32. The molecular formula is C16H18N2O4S.